The van der Waals surface area contributed by atoms with Crippen molar-refractivity contribution in [1.82, 2.24) is 15.3 Å². The SMILES string of the molecule is [C-]#[N+]c1ccc(Oc2ncnc(OC3CCNCC34CC4)c2C)c(Cl)c1. The topological polar surface area (TPSA) is 60.6 Å². The van der Waals surface area contributed by atoms with E-state index in [0.29, 0.717) is 28.2 Å². The maximum Gasteiger partial charge on any atom is 0.229 e. The molecule has 0 radical (unpaired) electrons. The van der Waals surface area contributed by atoms with E-state index in [1.807, 2.05) is 6.92 Å². The molecule has 2 fully saturated rings. The van der Waals surface area contributed by atoms with E-state index in [2.05, 4.69) is 20.1 Å². The number of hydrogen-bond acceptors (Lipinski definition) is 5. The third-order valence-corrected chi connectivity index (χ3v) is 5.43. The molecule has 134 valence electrons. The number of ether oxygens (including phenoxy) is 2. The van der Waals surface area contributed by atoms with Crippen LogP contribution < -0.4 is 14.8 Å². The minimum Gasteiger partial charge on any atom is -0.473 e. The molecule has 1 atom stereocenters. The Labute approximate surface area is 157 Å². The van der Waals surface area contributed by atoms with Crippen LogP contribution in [0.2, 0.25) is 5.02 Å². The molecule has 1 spiro atoms. The number of halogens is 1. The quantitative estimate of drug-likeness (QED) is 0.813. The molecule has 1 aromatic carbocycles. The van der Waals surface area contributed by atoms with Crippen LogP contribution in [0.25, 0.3) is 4.85 Å². The second kappa shape index (κ2) is 6.75. The molecule has 1 saturated carbocycles. The molecule has 1 aliphatic heterocycles. The summed E-state index contributed by atoms with van der Waals surface area (Å²) < 4.78 is 12.1. The van der Waals surface area contributed by atoms with Crippen LogP contribution in [0.1, 0.15) is 24.8 Å². The fraction of sp³-hybridized carbons (Fsp3) is 0.421. The fourth-order valence-electron chi connectivity index (χ4n) is 3.36. The Morgan fingerprint density at radius 1 is 1.31 bits per heavy atom. The normalized spacial score (nSPS) is 20.4. The highest BCUT2D eigenvalue weighted by Crippen LogP contribution is 2.51. The highest BCUT2D eigenvalue weighted by Gasteiger charge is 2.52. The summed E-state index contributed by atoms with van der Waals surface area (Å²) in [5.74, 6) is 1.42. The summed E-state index contributed by atoms with van der Waals surface area (Å²) in [6.45, 7) is 10.9. The molecule has 2 heterocycles. The van der Waals surface area contributed by atoms with Crippen LogP contribution in [0, 0.1) is 18.9 Å². The number of aromatic nitrogens is 2. The first-order valence-corrected chi connectivity index (χ1v) is 9.03. The zero-order valence-corrected chi connectivity index (χ0v) is 15.2. The first-order chi connectivity index (χ1) is 12.6. The van der Waals surface area contributed by atoms with Crippen molar-refractivity contribution in [3.05, 3.63) is 46.5 Å². The molecule has 1 unspecified atom stereocenters. The van der Waals surface area contributed by atoms with Gasteiger partial charge in [-0.25, -0.2) is 14.8 Å². The van der Waals surface area contributed by atoms with E-state index in [0.717, 1.165) is 25.1 Å². The molecule has 0 amide bonds. The van der Waals surface area contributed by atoms with Gasteiger partial charge in [0.2, 0.25) is 11.8 Å². The standard InChI is InChI=1S/C19H19ClN4O2/c1-12-17(25-15-4-3-13(21-2)9-14(15)20)23-11-24-18(12)26-16-5-8-22-10-19(16)6-7-19/h3-4,9,11,16,22H,5-8,10H2,1H3. The first kappa shape index (κ1) is 17.1. The van der Waals surface area contributed by atoms with E-state index in [-0.39, 0.29) is 11.5 Å². The molecular weight excluding hydrogens is 352 g/mol. The molecule has 0 bridgehead atoms. The Bertz CT molecular complexity index is 876. The summed E-state index contributed by atoms with van der Waals surface area (Å²) in [7, 11) is 0. The van der Waals surface area contributed by atoms with Gasteiger partial charge in [-0.3, -0.25) is 0 Å². The van der Waals surface area contributed by atoms with Crippen molar-refractivity contribution in [2.45, 2.75) is 32.3 Å². The molecule has 1 N–H and O–H groups in total. The number of piperidine rings is 1. The second-order valence-electron chi connectivity index (χ2n) is 6.87. The number of nitrogens with one attached hydrogen (secondary N) is 1. The van der Waals surface area contributed by atoms with Crippen molar-refractivity contribution >= 4 is 17.3 Å². The number of hydrogen-bond donors (Lipinski definition) is 1. The lowest BCUT2D eigenvalue weighted by molar-refractivity contribution is 0.0813. The molecule has 1 aromatic heterocycles. The molecule has 1 saturated heterocycles. The highest BCUT2D eigenvalue weighted by molar-refractivity contribution is 6.32. The zero-order valence-electron chi connectivity index (χ0n) is 14.5. The monoisotopic (exact) mass is 370 g/mol. The van der Waals surface area contributed by atoms with Crippen molar-refractivity contribution in [1.29, 1.82) is 0 Å². The summed E-state index contributed by atoms with van der Waals surface area (Å²) >= 11 is 6.20. The van der Waals surface area contributed by atoms with Crippen LogP contribution in [0.5, 0.6) is 17.5 Å². The minimum atomic E-state index is 0.173. The molecular formula is C19H19ClN4O2. The Morgan fingerprint density at radius 2 is 2.12 bits per heavy atom. The van der Waals surface area contributed by atoms with Gasteiger partial charge in [0.15, 0.2) is 5.69 Å². The van der Waals surface area contributed by atoms with Gasteiger partial charge in [-0.15, -0.1) is 0 Å². The molecule has 1 aliphatic carbocycles. The van der Waals surface area contributed by atoms with Gasteiger partial charge in [0.1, 0.15) is 18.2 Å². The van der Waals surface area contributed by atoms with E-state index in [1.165, 1.54) is 19.2 Å². The lowest BCUT2D eigenvalue weighted by Gasteiger charge is -2.32. The van der Waals surface area contributed by atoms with Crippen molar-refractivity contribution < 1.29 is 9.47 Å². The van der Waals surface area contributed by atoms with Gasteiger partial charge in [-0.2, -0.15) is 0 Å². The number of rotatable bonds is 4. The van der Waals surface area contributed by atoms with Crippen molar-refractivity contribution in [3.63, 3.8) is 0 Å². The van der Waals surface area contributed by atoms with Crippen LogP contribution in [0.15, 0.2) is 24.5 Å². The van der Waals surface area contributed by atoms with E-state index >= 15 is 0 Å². The van der Waals surface area contributed by atoms with Gasteiger partial charge in [-0.05, 0) is 44.9 Å². The van der Waals surface area contributed by atoms with E-state index in [1.54, 1.807) is 18.2 Å². The van der Waals surface area contributed by atoms with Gasteiger partial charge in [0, 0.05) is 12.0 Å². The summed E-state index contributed by atoms with van der Waals surface area (Å²) in [5, 5.41) is 3.82. The van der Waals surface area contributed by atoms with E-state index in [9.17, 15) is 0 Å². The first-order valence-electron chi connectivity index (χ1n) is 8.65. The number of nitrogens with zero attached hydrogens (tertiary/aromatic N) is 3. The fourth-order valence-corrected chi connectivity index (χ4v) is 3.57. The van der Waals surface area contributed by atoms with Crippen molar-refractivity contribution in [2.24, 2.45) is 5.41 Å². The van der Waals surface area contributed by atoms with Gasteiger partial charge in [0.05, 0.1) is 17.2 Å². The lowest BCUT2D eigenvalue weighted by Crippen LogP contribution is -2.44. The van der Waals surface area contributed by atoms with Crippen LogP contribution in [0.3, 0.4) is 0 Å². The average molecular weight is 371 g/mol. The van der Waals surface area contributed by atoms with Gasteiger partial charge in [-0.1, -0.05) is 17.7 Å². The molecule has 2 aliphatic rings. The summed E-state index contributed by atoms with van der Waals surface area (Å²) in [6.07, 6.45) is 4.98. The predicted octanol–water partition coefficient (Wildman–Crippen LogP) is 4.30. The highest BCUT2D eigenvalue weighted by atomic mass is 35.5. The minimum absolute atomic E-state index is 0.173. The van der Waals surface area contributed by atoms with Crippen LogP contribution in [-0.2, 0) is 0 Å². The van der Waals surface area contributed by atoms with Crippen molar-refractivity contribution in [2.75, 3.05) is 13.1 Å². The van der Waals surface area contributed by atoms with Crippen LogP contribution in [0.4, 0.5) is 5.69 Å². The zero-order chi connectivity index (χ0) is 18.1. The van der Waals surface area contributed by atoms with Gasteiger partial charge >= 0.3 is 0 Å². The molecule has 2 aromatic rings. The van der Waals surface area contributed by atoms with Crippen molar-refractivity contribution in [3.8, 4) is 17.5 Å². The summed E-state index contributed by atoms with van der Waals surface area (Å²) in [4.78, 5) is 11.9. The van der Waals surface area contributed by atoms with E-state index in [4.69, 9.17) is 27.6 Å². The van der Waals surface area contributed by atoms with Crippen LogP contribution >= 0.6 is 11.6 Å². The molecule has 4 rings (SSSR count). The van der Waals surface area contributed by atoms with Gasteiger partial charge < -0.3 is 14.8 Å². The number of benzene rings is 1. The predicted molar refractivity (Wildman–Crippen MR) is 98.1 cm³/mol. The average Bonchev–Trinajstić information content (AvgIpc) is 3.42. The van der Waals surface area contributed by atoms with Crippen LogP contribution in [-0.4, -0.2) is 29.2 Å². The maximum atomic E-state index is 7.04. The van der Waals surface area contributed by atoms with E-state index < -0.39 is 0 Å². The Morgan fingerprint density at radius 3 is 2.85 bits per heavy atom. The Hall–Kier alpha value is -2.36. The third-order valence-electron chi connectivity index (χ3n) is 5.13. The second-order valence-corrected chi connectivity index (χ2v) is 7.28. The summed E-state index contributed by atoms with van der Waals surface area (Å²) in [5.41, 5.74) is 1.47. The Balaban J connectivity index is 1.55. The third kappa shape index (κ3) is 3.20. The Kier molecular flexibility index (Phi) is 4.43. The molecule has 26 heavy (non-hydrogen) atoms. The lowest BCUT2D eigenvalue weighted by atomic mass is 9.93. The summed E-state index contributed by atoms with van der Waals surface area (Å²) in [6, 6.07) is 4.90. The molecule has 7 heteroatoms. The molecule has 6 nitrogen and oxygen atoms in total. The maximum absolute atomic E-state index is 7.04. The largest absolute Gasteiger partial charge is 0.473 e. The van der Waals surface area contributed by atoms with Gasteiger partial charge in [0.25, 0.3) is 0 Å². The smallest absolute Gasteiger partial charge is 0.229 e.